The second-order valence-corrected chi connectivity index (χ2v) is 5.82. The van der Waals surface area contributed by atoms with Gasteiger partial charge in [0.15, 0.2) is 0 Å². The molecule has 29 heavy (non-hydrogen) atoms. The van der Waals surface area contributed by atoms with Gasteiger partial charge in [-0.15, -0.1) is 23.4 Å². The summed E-state index contributed by atoms with van der Waals surface area (Å²) >= 11 is 0. The third-order valence-corrected chi connectivity index (χ3v) is 4.02. The van der Waals surface area contributed by atoms with Crippen molar-refractivity contribution in [1.29, 1.82) is 0 Å². The van der Waals surface area contributed by atoms with Gasteiger partial charge in [0, 0.05) is 17.8 Å². The molecule has 0 radical (unpaired) electrons. The third-order valence-electron chi connectivity index (χ3n) is 4.02. The van der Waals surface area contributed by atoms with Crippen LogP contribution in [0.2, 0.25) is 0 Å². The van der Waals surface area contributed by atoms with Crippen molar-refractivity contribution >= 4 is 11.5 Å². The van der Waals surface area contributed by atoms with E-state index in [-0.39, 0.29) is 23.6 Å². The number of aromatic nitrogens is 4. The highest BCUT2D eigenvalue weighted by Crippen LogP contribution is 2.37. The molecule has 0 unspecified atom stereocenters. The average Bonchev–Trinajstić information content (AvgIpc) is 3.37. The molecule has 4 aromatic rings. The van der Waals surface area contributed by atoms with Crippen LogP contribution in [-0.4, -0.2) is 33.1 Å². The number of ether oxygens (including phenoxy) is 2. The van der Waals surface area contributed by atoms with Crippen LogP contribution in [0.25, 0.3) is 16.8 Å². The molecule has 0 fully saturated rings. The zero-order valence-electron chi connectivity index (χ0n) is 15.0. The number of anilines is 1. The summed E-state index contributed by atoms with van der Waals surface area (Å²) in [7, 11) is 1.35. The first kappa shape index (κ1) is 18.6. The molecule has 1 N–H and O–H groups in total. The summed E-state index contributed by atoms with van der Waals surface area (Å²) in [6.45, 7) is 0.263. The highest BCUT2D eigenvalue weighted by molar-refractivity contribution is 5.81. The van der Waals surface area contributed by atoms with Gasteiger partial charge in [0.05, 0.1) is 25.4 Å². The number of oxazole rings is 1. The minimum absolute atomic E-state index is 0.124. The van der Waals surface area contributed by atoms with Crippen LogP contribution < -0.4 is 14.8 Å². The molecule has 0 aliphatic heterocycles. The van der Waals surface area contributed by atoms with Crippen molar-refractivity contribution in [2.75, 3.05) is 12.4 Å². The molecule has 1 aromatic carbocycles. The van der Waals surface area contributed by atoms with Crippen LogP contribution in [0.1, 0.15) is 5.89 Å². The van der Waals surface area contributed by atoms with Crippen LogP contribution in [0.15, 0.2) is 53.4 Å². The maximum atomic E-state index is 12.9. The molecule has 150 valence electrons. The molecule has 0 spiro atoms. The molecule has 3 heterocycles. The van der Waals surface area contributed by atoms with Gasteiger partial charge in [-0.05, 0) is 24.3 Å². The van der Waals surface area contributed by atoms with Crippen LogP contribution in [0.3, 0.4) is 0 Å². The number of nitrogens with one attached hydrogen (secondary N) is 1. The van der Waals surface area contributed by atoms with Crippen molar-refractivity contribution < 1.29 is 27.1 Å². The van der Waals surface area contributed by atoms with E-state index in [0.29, 0.717) is 17.4 Å². The van der Waals surface area contributed by atoms with Gasteiger partial charge < -0.3 is 19.2 Å². The predicted molar refractivity (Wildman–Crippen MR) is 95.5 cm³/mol. The molecule has 0 saturated carbocycles. The van der Waals surface area contributed by atoms with Gasteiger partial charge in [0.1, 0.15) is 23.5 Å². The number of halogens is 3. The molecule has 0 bridgehead atoms. The van der Waals surface area contributed by atoms with Gasteiger partial charge in [-0.2, -0.15) is 0 Å². The lowest BCUT2D eigenvalue weighted by Crippen LogP contribution is -2.18. The molecule has 4 rings (SSSR count). The first-order valence-corrected chi connectivity index (χ1v) is 8.35. The number of hydrogen-bond acceptors (Lipinski definition) is 7. The predicted octanol–water partition coefficient (Wildman–Crippen LogP) is 3.90. The van der Waals surface area contributed by atoms with Gasteiger partial charge >= 0.3 is 6.36 Å². The van der Waals surface area contributed by atoms with Crippen LogP contribution >= 0.6 is 0 Å². The molecule has 0 aliphatic carbocycles. The van der Waals surface area contributed by atoms with Crippen molar-refractivity contribution in [2.24, 2.45) is 0 Å². The Bertz CT molecular complexity index is 1130. The van der Waals surface area contributed by atoms with Gasteiger partial charge in [-0.25, -0.2) is 4.98 Å². The molecule has 0 aliphatic rings. The summed E-state index contributed by atoms with van der Waals surface area (Å²) in [5.74, 6) is 0.609. The summed E-state index contributed by atoms with van der Waals surface area (Å²) in [4.78, 5) is 4.00. The topological polar surface area (TPSA) is 86.7 Å². The lowest BCUT2D eigenvalue weighted by Gasteiger charge is -2.15. The van der Waals surface area contributed by atoms with E-state index in [0.717, 1.165) is 6.07 Å². The van der Waals surface area contributed by atoms with Gasteiger partial charge in [0.2, 0.25) is 11.8 Å². The number of methoxy groups -OCH3 is 1. The molecule has 0 saturated heterocycles. The minimum atomic E-state index is -4.87. The number of hydrogen-bond donors (Lipinski definition) is 1. The third kappa shape index (κ3) is 3.93. The van der Waals surface area contributed by atoms with Crippen molar-refractivity contribution in [3.8, 4) is 22.8 Å². The highest BCUT2D eigenvalue weighted by Gasteiger charge is 2.33. The van der Waals surface area contributed by atoms with Gasteiger partial charge in [0.25, 0.3) is 0 Å². The zero-order valence-corrected chi connectivity index (χ0v) is 15.0. The fraction of sp³-hybridized carbons (Fsp3) is 0.167. The Balaban J connectivity index is 1.75. The van der Waals surface area contributed by atoms with Gasteiger partial charge in [-0.3, -0.25) is 4.40 Å². The van der Waals surface area contributed by atoms with E-state index in [2.05, 4.69) is 25.2 Å². The molecule has 3 aromatic heterocycles. The smallest absolute Gasteiger partial charge is 0.497 e. The number of alkyl halides is 3. The van der Waals surface area contributed by atoms with Crippen molar-refractivity contribution in [3.05, 3.63) is 54.9 Å². The average molecular weight is 405 g/mol. The van der Waals surface area contributed by atoms with E-state index in [9.17, 15) is 13.2 Å². The van der Waals surface area contributed by atoms with E-state index in [1.165, 1.54) is 31.7 Å². The first-order valence-electron chi connectivity index (χ1n) is 8.35. The maximum Gasteiger partial charge on any atom is 0.573 e. The standard InChI is InChI=1S/C18H14F3N5O3/c1-27-11-4-5-12(14(9-11)29-18(19,20)21)16-13-3-2-7-26(13)17(25-24-16)23-10-15-22-6-8-28-15/h2-9H,10H2,1H3,(H,23,25). The van der Waals surface area contributed by atoms with E-state index >= 15 is 0 Å². The second-order valence-electron chi connectivity index (χ2n) is 5.82. The quantitative estimate of drug-likeness (QED) is 0.521. The summed E-state index contributed by atoms with van der Waals surface area (Å²) in [6, 6.07) is 7.55. The van der Waals surface area contributed by atoms with Crippen LogP contribution in [0.5, 0.6) is 11.5 Å². The monoisotopic (exact) mass is 405 g/mol. The Morgan fingerprint density at radius 1 is 1.21 bits per heavy atom. The molecular formula is C18H14F3N5O3. The normalized spacial score (nSPS) is 11.6. The lowest BCUT2D eigenvalue weighted by atomic mass is 10.1. The maximum absolute atomic E-state index is 12.9. The second kappa shape index (κ2) is 7.34. The van der Waals surface area contributed by atoms with Crippen molar-refractivity contribution in [3.63, 3.8) is 0 Å². The van der Waals surface area contributed by atoms with E-state index < -0.39 is 12.1 Å². The molecule has 8 nitrogen and oxygen atoms in total. The number of fused-ring (bicyclic) bond motifs is 1. The van der Waals surface area contributed by atoms with Crippen molar-refractivity contribution in [2.45, 2.75) is 12.9 Å². The molecule has 0 amide bonds. The SMILES string of the molecule is COc1ccc(-c2nnc(NCc3ncco3)n3cccc23)c(OC(F)(F)F)c1. The Morgan fingerprint density at radius 2 is 2.07 bits per heavy atom. The van der Waals surface area contributed by atoms with E-state index in [1.807, 2.05) is 0 Å². The molecule has 11 heteroatoms. The summed E-state index contributed by atoms with van der Waals surface area (Å²) in [5, 5.41) is 11.3. The Kier molecular flexibility index (Phi) is 4.71. The summed E-state index contributed by atoms with van der Waals surface area (Å²) in [6.07, 6.45) is -0.199. The largest absolute Gasteiger partial charge is 0.573 e. The summed E-state index contributed by atoms with van der Waals surface area (Å²) in [5.41, 5.74) is 0.879. The fourth-order valence-electron chi connectivity index (χ4n) is 2.80. The summed E-state index contributed by atoms with van der Waals surface area (Å²) < 4.78 is 54.7. The minimum Gasteiger partial charge on any atom is -0.497 e. The van der Waals surface area contributed by atoms with Crippen LogP contribution in [0.4, 0.5) is 19.1 Å². The Labute approximate surface area is 161 Å². The Morgan fingerprint density at radius 3 is 2.79 bits per heavy atom. The number of nitrogens with zero attached hydrogens (tertiary/aromatic N) is 4. The highest BCUT2D eigenvalue weighted by atomic mass is 19.4. The molecular weight excluding hydrogens is 391 g/mol. The first-order chi connectivity index (χ1) is 13.9. The Hall–Kier alpha value is -3.76. The van der Waals surface area contributed by atoms with Crippen molar-refractivity contribution in [1.82, 2.24) is 19.6 Å². The van der Waals surface area contributed by atoms with E-state index in [1.54, 1.807) is 22.7 Å². The number of rotatable bonds is 6. The molecule has 0 atom stereocenters. The zero-order chi connectivity index (χ0) is 20.4. The van der Waals surface area contributed by atoms with E-state index in [4.69, 9.17) is 9.15 Å². The van der Waals surface area contributed by atoms with Crippen LogP contribution in [-0.2, 0) is 6.54 Å². The number of benzene rings is 1. The van der Waals surface area contributed by atoms with Crippen LogP contribution in [0, 0.1) is 0 Å². The fourth-order valence-corrected chi connectivity index (χ4v) is 2.80. The van der Waals surface area contributed by atoms with Gasteiger partial charge in [-0.1, -0.05) is 0 Å². The lowest BCUT2D eigenvalue weighted by molar-refractivity contribution is -0.274.